The van der Waals surface area contributed by atoms with E-state index in [1.54, 1.807) is 0 Å². The lowest BCUT2D eigenvalue weighted by molar-refractivity contribution is 0.582. The molecule has 0 spiro atoms. The fourth-order valence-corrected chi connectivity index (χ4v) is 3.20. The van der Waals surface area contributed by atoms with Crippen LogP contribution >= 0.6 is 11.6 Å². The lowest BCUT2D eigenvalue weighted by Gasteiger charge is -2.09. The molecular weight excluding hydrogens is 265 g/mol. The summed E-state index contributed by atoms with van der Waals surface area (Å²) >= 11 is 5.51. The molecule has 2 N–H and O–H groups in total. The number of sulfone groups is 1. The SMILES string of the molecule is CCC(N)CS(=O)(=O)Cc1ccc(Cl)c(F)c1. The van der Waals surface area contributed by atoms with Crippen molar-refractivity contribution >= 4 is 21.4 Å². The van der Waals surface area contributed by atoms with Crippen molar-refractivity contribution in [2.75, 3.05) is 5.75 Å². The van der Waals surface area contributed by atoms with Crippen molar-refractivity contribution in [2.24, 2.45) is 5.73 Å². The lowest BCUT2D eigenvalue weighted by atomic mass is 10.2. The van der Waals surface area contributed by atoms with Crippen LogP contribution in [-0.4, -0.2) is 20.2 Å². The van der Waals surface area contributed by atoms with Gasteiger partial charge in [0.1, 0.15) is 5.82 Å². The van der Waals surface area contributed by atoms with E-state index in [1.807, 2.05) is 6.92 Å². The van der Waals surface area contributed by atoms with Crippen LogP contribution in [-0.2, 0) is 15.6 Å². The maximum atomic E-state index is 13.1. The number of halogens is 2. The van der Waals surface area contributed by atoms with Gasteiger partial charge in [0.2, 0.25) is 0 Å². The van der Waals surface area contributed by atoms with Crippen molar-refractivity contribution in [3.63, 3.8) is 0 Å². The number of rotatable bonds is 5. The zero-order valence-corrected chi connectivity index (χ0v) is 11.1. The Morgan fingerprint density at radius 2 is 2.12 bits per heavy atom. The Hall–Kier alpha value is -0.650. The average molecular weight is 280 g/mol. The molecule has 0 saturated carbocycles. The van der Waals surface area contributed by atoms with Gasteiger partial charge in [-0.05, 0) is 24.1 Å². The van der Waals surface area contributed by atoms with Gasteiger partial charge in [0, 0.05) is 6.04 Å². The van der Waals surface area contributed by atoms with Gasteiger partial charge in [0.15, 0.2) is 9.84 Å². The van der Waals surface area contributed by atoms with Crippen LogP contribution in [0, 0.1) is 5.82 Å². The van der Waals surface area contributed by atoms with Gasteiger partial charge < -0.3 is 5.73 Å². The van der Waals surface area contributed by atoms with E-state index in [2.05, 4.69) is 0 Å². The molecule has 0 radical (unpaired) electrons. The first kappa shape index (κ1) is 14.4. The smallest absolute Gasteiger partial charge is 0.155 e. The maximum absolute atomic E-state index is 13.1. The highest BCUT2D eigenvalue weighted by Crippen LogP contribution is 2.17. The minimum Gasteiger partial charge on any atom is -0.327 e. The third-order valence-corrected chi connectivity index (χ3v) is 4.38. The molecular formula is C11H15ClFNO2S. The first-order valence-corrected chi connectivity index (χ1v) is 7.44. The highest BCUT2D eigenvalue weighted by atomic mass is 35.5. The third-order valence-electron chi connectivity index (χ3n) is 2.36. The molecule has 1 atom stereocenters. The van der Waals surface area contributed by atoms with Crippen LogP contribution in [0.1, 0.15) is 18.9 Å². The Kier molecular flexibility index (Phi) is 4.91. The Morgan fingerprint density at radius 1 is 1.47 bits per heavy atom. The molecule has 6 heteroatoms. The van der Waals surface area contributed by atoms with E-state index in [4.69, 9.17) is 17.3 Å². The molecule has 1 aromatic carbocycles. The Balaban J connectivity index is 2.80. The van der Waals surface area contributed by atoms with E-state index in [-0.39, 0.29) is 22.6 Å². The Morgan fingerprint density at radius 3 is 2.65 bits per heavy atom. The van der Waals surface area contributed by atoms with E-state index in [0.717, 1.165) is 6.07 Å². The highest BCUT2D eigenvalue weighted by molar-refractivity contribution is 7.90. The fraction of sp³-hybridized carbons (Fsp3) is 0.455. The summed E-state index contributed by atoms with van der Waals surface area (Å²) in [7, 11) is -3.31. The van der Waals surface area contributed by atoms with Crippen LogP contribution < -0.4 is 5.73 Å². The predicted molar refractivity (Wildman–Crippen MR) is 67.2 cm³/mol. The summed E-state index contributed by atoms with van der Waals surface area (Å²) in [5.74, 6) is -0.915. The summed E-state index contributed by atoms with van der Waals surface area (Å²) in [6, 6.07) is 3.61. The van der Waals surface area contributed by atoms with Crippen molar-refractivity contribution in [1.82, 2.24) is 0 Å². The van der Waals surface area contributed by atoms with E-state index in [0.29, 0.717) is 12.0 Å². The first-order valence-electron chi connectivity index (χ1n) is 5.24. The second-order valence-electron chi connectivity index (χ2n) is 3.97. The molecule has 1 unspecified atom stereocenters. The monoisotopic (exact) mass is 279 g/mol. The van der Waals surface area contributed by atoms with Crippen LogP contribution in [0.5, 0.6) is 0 Å². The van der Waals surface area contributed by atoms with Crippen LogP contribution in [0.15, 0.2) is 18.2 Å². The summed E-state index contributed by atoms with van der Waals surface area (Å²) in [5, 5.41) is -0.0172. The van der Waals surface area contributed by atoms with Crippen LogP contribution in [0.2, 0.25) is 5.02 Å². The van der Waals surface area contributed by atoms with E-state index >= 15 is 0 Å². The molecule has 96 valence electrons. The van der Waals surface area contributed by atoms with E-state index in [9.17, 15) is 12.8 Å². The van der Waals surface area contributed by atoms with E-state index < -0.39 is 15.7 Å². The number of hydrogen-bond acceptors (Lipinski definition) is 3. The minimum atomic E-state index is -3.31. The molecule has 0 aromatic heterocycles. The van der Waals surface area contributed by atoms with Gasteiger partial charge in [0.25, 0.3) is 0 Å². The summed E-state index contributed by atoms with van der Waals surface area (Å²) in [6.07, 6.45) is 0.591. The fourth-order valence-electron chi connectivity index (χ4n) is 1.39. The lowest BCUT2D eigenvalue weighted by Crippen LogP contribution is -2.29. The summed E-state index contributed by atoms with van der Waals surface area (Å²) in [5.41, 5.74) is 5.98. The second kappa shape index (κ2) is 5.80. The van der Waals surface area contributed by atoms with Crippen molar-refractivity contribution in [1.29, 1.82) is 0 Å². The summed E-state index contributed by atoms with van der Waals surface area (Å²) < 4.78 is 36.6. The topological polar surface area (TPSA) is 60.2 Å². The normalized spacial score (nSPS) is 13.6. The van der Waals surface area contributed by atoms with Crippen LogP contribution in [0.25, 0.3) is 0 Å². The first-order chi connectivity index (χ1) is 7.84. The largest absolute Gasteiger partial charge is 0.327 e. The molecule has 1 aromatic rings. The number of benzene rings is 1. The van der Waals surface area contributed by atoms with E-state index in [1.165, 1.54) is 12.1 Å². The zero-order chi connectivity index (χ0) is 13.1. The molecule has 0 amide bonds. The third kappa shape index (κ3) is 4.61. The van der Waals surface area contributed by atoms with Crippen molar-refractivity contribution < 1.29 is 12.8 Å². The van der Waals surface area contributed by atoms with Crippen LogP contribution in [0.3, 0.4) is 0 Å². The molecule has 0 saturated heterocycles. The molecule has 0 fully saturated rings. The van der Waals surface area contributed by atoms with Gasteiger partial charge in [-0.15, -0.1) is 0 Å². The van der Waals surface area contributed by atoms with Gasteiger partial charge in [0.05, 0.1) is 16.5 Å². The standard InChI is InChI=1S/C11H15ClFNO2S/c1-2-9(14)7-17(15,16)6-8-3-4-10(12)11(13)5-8/h3-5,9H,2,6-7,14H2,1H3. The molecule has 3 nitrogen and oxygen atoms in total. The number of nitrogens with two attached hydrogens (primary N) is 1. The maximum Gasteiger partial charge on any atom is 0.155 e. The summed E-state index contributed by atoms with van der Waals surface area (Å²) in [4.78, 5) is 0. The Bertz CT molecular complexity index is 490. The highest BCUT2D eigenvalue weighted by Gasteiger charge is 2.16. The molecule has 0 heterocycles. The molecule has 17 heavy (non-hydrogen) atoms. The zero-order valence-electron chi connectivity index (χ0n) is 9.49. The van der Waals surface area contributed by atoms with Gasteiger partial charge in [-0.1, -0.05) is 24.6 Å². The molecule has 0 aliphatic carbocycles. The van der Waals surface area contributed by atoms with Gasteiger partial charge in [-0.2, -0.15) is 0 Å². The summed E-state index contributed by atoms with van der Waals surface area (Å²) in [6.45, 7) is 1.82. The molecule has 0 aliphatic rings. The van der Waals surface area contributed by atoms with Gasteiger partial charge in [-0.3, -0.25) is 0 Å². The Labute approximate surface area is 106 Å². The van der Waals surface area contributed by atoms with Crippen LogP contribution in [0.4, 0.5) is 4.39 Å². The molecule has 1 rings (SSSR count). The van der Waals surface area contributed by atoms with Gasteiger partial charge in [-0.25, -0.2) is 12.8 Å². The van der Waals surface area contributed by atoms with Gasteiger partial charge >= 0.3 is 0 Å². The van der Waals surface area contributed by atoms with Crippen molar-refractivity contribution in [3.05, 3.63) is 34.6 Å². The molecule has 0 aliphatic heterocycles. The average Bonchev–Trinajstić information content (AvgIpc) is 2.22. The predicted octanol–water partition coefficient (Wildman–Crippen LogP) is 2.13. The van der Waals surface area contributed by atoms with Crippen molar-refractivity contribution in [2.45, 2.75) is 25.1 Å². The van der Waals surface area contributed by atoms with Crippen molar-refractivity contribution in [3.8, 4) is 0 Å². The second-order valence-corrected chi connectivity index (χ2v) is 6.49. The minimum absolute atomic E-state index is 0.0172. The molecule has 0 bridgehead atoms. The quantitative estimate of drug-likeness (QED) is 0.898. The number of hydrogen-bond donors (Lipinski definition) is 1.